The van der Waals surface area contributed by atoms with Gasteiger partial charge in [0.15, 0.2) is 0 Å². The van der Waals surface area contributed by atoms with E-state index in [1.54, 1.807) is 36.4 Å². The molecule has 0 aliphatic carbocycles. The monoisotopic (exact) mass is 373 g/mol. The van der Waals surface area contributed by atoms with Gasteiger partial charge < -0.3 is 16.0 Å². The van der Waals surface area contributed by atoms with E-state index in [0.29, 0.717) is 22.0 Å². The number of halogens is 1. The molecule has 26 heavy (non-hydrogen) atoms. The first-order valence-corrected chi connectivity index (χ1v) is 8.75. The van der Waals surface area contributed by atoms with Crippen LogP contribution in [0.1, 0.15) is 36.7 Å². The van der Waals surface area contributed by atoms with Crippen LogP contribution in [0.5, 0.6) is 0 Å². The van der Waals surface area contributed by atoms with E-state index in [-0.39, 0.29) is 23.9 Å². The van der Waals surface area contributed by atoms with Gasteiger partial charge in [-0.1, -0.05) is 23.7 Å². The normalized spacial score (nSPS) is 11.0. The number of anilines is 2. The van der Waals surface area contributed by atoms with Gasteiger partial charge in [0, 0.05) is 27.5 Å². The SMILES string of the molecule is Cc1c(Cl)cccc1NC(=O)CNc1cccc(C(=O)NC(C)(C)C)c1. The number of benzene rings is 2. The molecule has 0 unspecified atom stereocenters. The lowest BCUT2D eigenvalue weighted by molar-refractivity contribution is -0.114. The Kier molecular flexibility index (Phi) is 6.27. The van der Waals surface area contributed by atoms with Crippen molar-refractivity contribution in [3.05, 3.63) is 58.6 Å². The van der Waals surface area contributed by atoms with Crippen LogP contribution in [0, 0.1) is 6.92 Å². The van der Waals surface area contributed by atoms with E-state index in [0.717, 1.165) is 5.56 Å². The molecule has 0 saturated heterocycles. The van der Waals surface area contributed by atoms with E-state index in [4.69, 9.17) is 11.6 Å². The zero-order chi connectivity index (χ0) is 19.3. The van der Waals surface area contributed by atoms with Crippen LogP contribution in [-0.2, 0) is 4.79 Å². The highest BCUT2D eigenvalue weighted by Crippen LogP contribution is 2.22. The molecule has 2 amide bonds. The average Bonchev–Trinajstić information content (AvgIpc) is 2.56. The van der Waals surface area contributed by atoms with E-state index in [1.807, 2.05) is 33.8 Å². The summed E-state index contributed by atoms with van der Waals surface area (Å²) in [5.74, 6) is -0.347. The Bertz CT molecular complexity index is 813. The van der Waals surface area contributed by atoms with Crippen LogP contribution in [-0.4, -0.2) is 23.9 Å². The summed E-state index contributed by atoms with van der Waals surface area (Å²) in [4.78, 5) is 24.4. The van der Waals surface area contributed by atoms with Crippen molar-refractivity contribution in [3.63, 3.8) is 0 Å². The Balaban J connectivity index is 1.97. The van der Waals surface area contributed by atoms with E-state index in [9.17, 15) is 9.59 Å². The van der Waals surface area contributed by atoms with Gasteiger partial charge in [0.25, 0.3) is 5.91 Å². The van der Waals surface area contributed by atoms with E-state index in [1.165, 1.54) is 0 Å². The number of carbonyl (C=O) groups is 2. The molecule has 0 heterocycles. The van der Waals surface area contributed by atoms with Crippen LogP contribution in [0.4, 0.5) is 11.4 Å². The van der Waals surface area contributed by atoms with Gasteiger partial charge in [-0.25, -0.2) is 0 Å². The number of amides is 2. The second-order valence-electron chi connectivity index (χ2n) is 7.10. The largest absolute Gasteiger partial charge is 0.376 e. The van der Waals surface area contributed by atoms with Gasteiger partial charge in [0.1, 0.15) is 0 Å². The molecular formula is C20H24ClN3O2. The zero-order valence-electron chi connectivity index (χ0n) is 15.4. The Hall–Kier alpha value is -2.53. The zero-order valence-corrected chi connectivity index (χ0v) is 16.2. The van der Waals surface area contributed by atoms with Crippen molar-refractivity contribution in [2.75, 3.05) is 17.2 Å². The summed E-state index contributed by atoms with van der Waals surface area (Å²) >= 11 is 6.06. The molecule has 0 bridgehead atoms. The average molecular weight is 374 g/mol. The number of hydrogen-bond acceptors (Lipinski definition) is 3. The third kappa shape index (κ3) is 5.77. The number of rotatable bonds is 5. The van der Waals surface area contributed by atoms with Crippen molar-refractivity contribution >= 4 is 34.8 Å². The van der Waals surface area contributed by atoms with Crippen molar-refractivity contribution in [1.29, 1.82) is 0 Å². The molecule has 0 saturated carbocycles. The smallest absolute Gasteiger partial charge is 0.251 e. The molecule has 2 rings (SSSR count). The molecule has 0 aromatic heterocycles. The number of hydrogen-bond donors (Lipinski definition) is 3. The minimum Gasteiger partial charge on any atom is -0.376 e. The standard InChI is InChI=1S/C20H24ClN3O2/c1-13-16(21)9-6-10-17(13)23-18(25)12-22-15-8-5-7-14(11-15)19(26)24-20(2,3)4/h5-11,22H,12H2,1-4H3,(H,23,25)(H,24,26). The van der Waals surface area contributed by atoms with E-state index in [2.05, 4.69) is 16.0 Å². The molecule has 0 radical (unpaired) electrons. The Morgan fingerprint density at radius 2 is 1.77 bits per heavy atom. The topological polar surface area (TPSA) is 70.2 Å². The fraction of sp³-hybridized carbons (Fsp3) is 0.300. The van der Waals surface area contributed by atoms with Gasteiger partial charge in [-0.05, 0) is 63.6 Å². The van der Waals surface area contributed by atoms with Gasteiger partial charge in [-0.15, -0.1) is 0 Å². The molecule has 6 heteroatoms. The van der Waals surface area contributed by atoms with E-state index < -0.39 is 0 Å². The maximum Gasteiger partial charge on any atom is 0.251 e. The number of carbonyl (C=O) groups excluding carboxylic acids is 2. The summed E-state index contributed by atoms with van der Waals surface area (Å²) in [5, 5.41) is 9.37. The van der Waals surface area contributed by atoms with Crippen molar-refractivity contribution < 1.29 is 9.59 Å². The predicted molar refractivity (Wildman–Crippen MR) is 107 cm³/mol. The quantitative estimate of drug-likeness (QED) is 0.734. The molecule has 2 aromatic carbocycles. The van der Waals surface area contributed by atoms with E-state index >= 15 is 0 Å². The van der Waals surface area contributed by atoms with Gasteiger partial charge >= 0.3 is 0 Å². The lowest BCUT2D eigenvalue weighted by Gasteiger charge is -2.20. The molecule has 2 aromatic rings. The summed E-state index contributed by atoms with van der Waals surface area (Å²) in [6, 6.07) is 12.4. The Morgan fingerprint density at radius 3 is 2.46 bits per heavy atom. The van der Waals surface area contributed by atoms with Crippen LogP contribution in [0.15, 0.2) is 42.5 Å². The fourth-order valence-electron chi connectivity index (χ4n) is 2.30. The van der Waals surface area contributed by atoms with Crippen LogP contribution in [0.2, 0.25) is 5.02 Å². The summed E-state index contributed by atoms with van der Waals surface area (Å²) in [6.45, 7) is 7.71. The highest BCUT2D eigenvalue weighted by molar-refractivity contribution is 6.31. The minimum atomic E-state index is -0.310. The predicted octanol–water partition coefficient (Wildman–Crippen LogP) is 4.23. The molecular weight excluding hydrogens is 350 g/mol. The second kappa shape index (κ2) is 8.23. The number of nitrogens with one attached hydrogen (secondary N) is 3. The summed E-state index contributed by atoms with van der Waals surface area (Å²) < 4.78 is 0. The molecule has 3 N–H and O–H groups in total. The minimum absolute atomic E-state index is 0.0797. The van der Waals surface area contributed by atoms with Crippen molar-refractivity contribution in [3.8, 4) is 0 Å². The second-order valence-corrected chi connectivity index (χ2v) is 7.51. The summed E-state index contributed by atoms with van der Waals surface area (Å²) in [7, 11) is 0. The van der Waals surface area contributed by atoms with Gasteiger partial charge in [-0.2, -0.15) is 0 Å². The first-order valence-electron chi connectivity index (χ1n) is 8.37. The molecule has 0 spiro atoms. The van der Waals surface area contributed by atoms with Gasteiger partial charge in [0.2, 0.25) is 5.91 Å². The van der Waals surface area contributed by atoms with Crippen molar-refractivity contribution in [1.82, 2.24) is 5.32 Å². The van der Waals surface area contributed by atoms with Gasteiger partial charge in [-0.3, -0.25) is 9.59 Å². The summed E-state index contributed by atoms with van der Waals surface area (Å²) in [5.41, 5.74) is 2.43. The van der Waals surface area contributed by atoms with Crippen LogP contribution >= 0.6 is 11.6 Å². The molecule has 5 nitrogen and oxygen atoms in total. The van der Waals surface area contributed by atoms with Crippen molar-refractivity contribution in [2.24, 2.45) is 0 Å². The lowest BCUT2D eigenvalue weighted by atomic mass is 10.1. The highest BCUT2D eigenvalue weighted by atomic mass is 35.5. The third-order valence-electron chi connectivity index (χ3n) is 3.61. The third-order valence-corrected chi connectivity index (χ3v) is 4.02. The Morgan fingerprint density at radius 1 is 1.08 bits per heavy atom. The highest BCUT2D eigenvalue weighted by Gasteiger charge is 2.15. The molecule has 0 fully saturated rings. The fourth-order valence-corrected chi connectivity index (χ4v) is 2.48. The summed E-state index contributed by atoms with van der Waals surface area (Å²) in [6.07, 6.45) is 0. The van der Waals surface area contributed by atoms with Crippen LogP contribution in [0.25, 0.3) is 0 Å². The maximum absolute atomic E-state index is 12.2. The first kappa shape index (κ1) is 19.8. The van der Waals surface area contributed by atoms with Crippen LogP contribution < -0.4 is 16.0 Å². The Labute approximate surface area is 159 Å². The molecule has 0 aliphatic rings. The van der Waals surface area contributed by atoms with Crippen LogP contribution in [0.3, 0.4) is 0 Å². The first-order chi connectivity index (χ1) is 12.2. The molecule has 0 aliphatic heterocycles. The van der Waals surface area contributed by atoms with Crippen molar-refractivity contribution in [2.45, 2.75) is 33.2 Å². The lowest BCUT2D eigenvalue weighted by Crippen LogP contribution is -2.40. The van der Waals surface area contributed by atoms with Gasteiger partial charge in [0.05, 0.1) is 6.54 Å². The molecule has 0 atom stereocenters. The molecule has 138 valence electrons. The maximum atomic E-state index is 12.2.